The van der Waals surface area contributed by atoms with E-state index in [4.69, 9.17) is 5.11 Å². The van der Waals surface area contributed by atoms with Crippen molar-refractivity contribution < 1.29 is 28.3 Å². The number of amides is 2. The second-order valence-electron chi connectivity index (χ2n) is 5.60. The first-order chi connectivity index (χ1) is 10.4. The first-order valence-corrected chi connectivity index (χ1v) is 7.00. The highest BCUT2D eigenvalue weighted by Crippen LogP contribution is 2.35. The number of rotatable bonds is 2. The van der Waals surface area contributed by atoms with E-state index in [1.165, 1.54) is 0 Å². The van der Waals surface area contributed by atoms with E-state index in [0.717, 1.165) is 17.0 Å². The lowest BCUT2D eigenvalue weighted by Crippen LogP contribution is -2.42. The zero-order chi connectivity index (χ0) is 16.0. The topological polar surface area (TPSA) is 74.7 Å². The number of fused-ring (bicyclic) bond motifs is 1. The number of nitrogens with zero attached hydrogens (tertiary/aromatic N) is 1. The van der Waals surface area contributed by atoms with Gasteiger partial charge in [0.1, 0.15) is 11.6 Å². The summed E-state index contributed by atoms with van der Waals surface area (Å²) in [4.78, 5) is 36.4. The van der Waals surface area contributed by atoms with Gasteiger partial charge in [-0.2, -0.15) is 0 Å². The lowest BCUT2D eigenvalue weighted by molar-refractivity contribution is -0.143. The van der Waals surface area contributed by atoms with Crippen molar-refractivity contribution >= 4 is 17.8 Å². The summed E-state index contributed by atoms with van der Waals surface area (Å²) < 4.78 is 27.5. The molecule has 0 aromatic heterocycles. The quantitative estimate of drug-likeness (QED) is 0.850. The molecule has 116 valence electrons. The van der Waals surface area contributed by atoms with Crippen LogP contribution in [0.3, 0.4) is 0 Å². The van der Waals surface area contributed by atoms with E-state index >= 15 is 0 Å². The Balaban J connectivity index is 1.88. The third-order valence-corrected chi connectivity index (χ3v) is 4.38. The van der Waals surface area contributed by atoms with Crippen LogP contribution < -0.4 is 0 Å². The molecule has 1 aliphatic heterocycles. The second kappa shape index (κ2) is 5.15. The molecule has 7 heteroatoms. The smallest absolute Gasteiger partial charge is 0.306 e. The van der Waals surface area contributed by atoms with Crippen LogP contribution in [0.15, 0.2) is 12.1 Å². The predicted molar refractivity (Wildman–Crippen MR) is 70.2 cm³/mol. The minimum atomic E-state index is -0.920. The molecule has 1 aromatic carbocycles. The Hall–Kier alpha value is -2.31. The molecule has 1 heterocycles. The summed E-state index contributed by atoms with van der Waals surface area (Å²) in [5.74, 6) is -4.92. The summed E-state index contributed by atoms with van der Waals surface area (Å²) in [6.45, 7) is 0. The molecule has 1 aliphatic carbocycles. The number of hydrogen-bond acceptors (Lipinski definition) is 3. The van der Waals surface area contributed by atoms with Crippen molar-refractivity contribution in [2.75, 3.05) is 0 Å². The molecule has 0 saturated heterocycles. The van der Waals surface area contributed by atoms with Gasteiger partial charge in [-0.25, -0.2) is 8.78 Å². The normalized spacial score (nSPS) is 24.5. The third kappa shape index (κ3) is 2.08. The van der Waals surface area contributed by atoms with E-state index in [-0.39, 0.29) is 0 Å². The Morgan fingerprint density at radius 1 is 1.00 bits per heavy atom. The average Bonchev–Trinajstić information content (AvgIpc) is 2.76. The van der Waals surface area contributed by atoms with Crippen LogP contribution in [0.1, 0.15) is 46.4 Å². The van der Waals surface area contributed by atoms with Gasteiger partial charge in [0.15, 0.2) is 0 Å². The zero-order valence-corrected chi connectivity index (χ0v) is 11.5. The Morgan fingerprint density at radius 3 is 1.86 bits per heavy atom. The number of carbonyl (C=O) groups excluding carboxylic acids is 2. The van der Waals surface area contributed by atoms with Gasteiger partial charge in [0.25, 0.3) is 11.8 Å². The van der Waals surface area contributed by atoms with Crippen molar-refractivity contribution in [3.05, 3.63) is 34.9 Å². The number of carboxylic acids is 1. The molecule has 5 nitrogen and oxygen atoms in total. The number of benzene rings is 1. The van der Waals surface area contributed by atoms with Gasteiger partial charge in [0.05, 0.1) is 17.0 Å². The largest absolute Gasteiger partial charge is 0.481 e. The average molecular weight is 309 g/mol. The van der Waals surface area contributed by atoms with Crippen LogP contribution in [0.5, 0.6) is 0 Å². The summed E-state index contributed by atoms with van der Waals surface area (Å²) in [6, 6.07) is 1.13. The molecule has 0 unspecified atom stereocenters. The van der Waals surface area contributed by atoms with Gasteiger partial charge in [-0.1, -0.05) is 0 Å². The monoisotopic (exact) mass is 309 g/mol. The van der Waals surface area contributed by atoms with Crippen molar-refractivity contribution in [1.82, 2.24) is 4.90 Å². The van der Waals surface area contributed by atoms with Crippen LogP contribution in [0, 0.1) is 17.6 Å². The summed E-state index contributed by atoms with van der Waals surface area (Å²) in [5.41, 5.74) is -1.05. The van der Waals surface area contributed by atoms with E-state index in [1.807, 2.05) is 0 Å². The molecule has 1 saturated carbocycles. The summed E-state index contributed by atoms with van der Waals surface area (Å²) in [6.07, 6.45) is 1.31. The van der Waals surface area contributed by atoms with Gasteiger partial charge >= 0.3 is 5.97 Å². The third-order valence-electron chi connectivity index (χ3n) is 4.38. The summed E-state index contributed by atoms with van der Waals surface area (Å²) in [5, 5.41) is 8.96. The van der Waals surface area contributed by atoms with E-state index in [9.17, 15) is 23.2 Å². The molecule has 1 N–H and O–H groups in total. The molecule has 0 atom stereocenters. The fourth-order valence-electron chi connectivity index (χ4n) is 3.22. The molecular formula is C15H13F2NO4. The van der Waals surface area contributed by atoms with Gasteiger partial charge in [0, 0.05) is 6.04 Å². The zero-order valence-electron chi connectivity index (χ0n) is 11.5. The maximum atomic E-state index is 13.8. The van der Waals surface area contributed by atoms with Crippen LogP contribution in [0.2, 0.25) is 0 Å². The Labute approximate surface area is 124 Å². The van der Waals surface area contributed by atoms with Gasteiger partial charge in [-0.05, 0) is 37.8 Å². The standard InChI is InChI=1S/C15H13F2NO4/c16-9-5-6-10(17)12-11(9)13(19)18(14(12)20)8-3-1-7(2-4-8)15(21)22/h5-8H,1-4H2,(H,21,22). The Kier molecular flexibility index (Phi) is 3.42. The number of aliphatic carboxylic acids is 1. The predicted octanol–water partition coefficient (Wildman–Crippen LogP) is 2.20. The van der Waals surface area contributed by atoms with Crippen molar-refractivity contribution in [2.45, 2.75) is 31.7 Å². The van der Waals surface area contributed by atoms with Gasteiger partial charge in [0.2, 0.25) is 0 Å². The van der Waals surface area contributed by atoms with Crippen molar-refractivity contribution in [1.29, 1.82) is 0 Å². The lowest BCUT2D eigenvalue weighted by atomic mass is 9.85. The fraction of sp³-hybridized carbons (Fsp3) is 0.400. The second-order valence-corrected chi connectivity index (χ2v) is 5.60. The molecule has 2 aliphatic rings. The molecular weight excluding hydrogens is 296 g/mol. The molecule has 0 bridgehead atoms. The number of carboxylic acid groups (broad SMARTS) is 1. The molecule has 3 rings (SSSR count). The van der Waals surface area contributed by atoms with Crippen LogP contribution in [-0.2, 0) is 4.79 Å². The number of halogens is 2. The maximum Gasteiger partial charge on any atom is 0.306 e. The van der Waals surface area contributed by atoms with Gasteiger partial charge < -0.3 is 5.11 Å². The molecule has 1 fully saturated rings. The first kappa shape index (κ1) is 14.6. The Bertz CT molecular complexity index is 639. The first-order valence-electron chi connectivity index (χ1n) is 7.00. The van der Waals surface area contributed by atoms with Crippen LogP contribution >= 0.6 is 0 Å². The molecule has 2 amide bonds. The van der Waals surface area contributed by atoms with Crippen molar-refractivity contribution in [2.24, 2.45) is 5.92 Å². The van der Waals surface area contributed by atoms with Crippen molar-refractivity contribution in [3.63, 3.8) is 0 Å². The van der Waals surface area contributed by atoms with Crippen LogP contribution in [0.4, 0.5) is 8.78 Å². The number of hydrogen-bond donors (Lipinski definition) is 1. The molecule has 1 aromatic rings. The Morgan fingerprint density at radius 2 is 1.45 bits per heavy atom. The minimum absolute atomic E-state index is 0.325. The molecule has 0 radical (unpaired) electrons. The van der Waals surface area contributed by atoms with E-state index in [0.29, 0.717) is 25.7 Å². The highest BCUT2D eigenvalue weighted by molar-refractivity contribution is 6.21. The fourth-order valence-corrected chi connectivity index (χ4v) is 3.22. The molecule has 22 heavy (non-hydrogen) atoms. The van der Waals surface area contributed by atoms with Crippen LogP contribution in [-0.4, -0.2) is 33.8 Å². The van der Waals surface area contributed by atoms with E-state index in [1.54, 1.807) is 0 Å². The highest BCUT2D eigenvalue weighted by atomic mass is 19.1. The van der Waals surface area contributed by atoms with Gasteiger partial charge in [-0.15, -0.1) is 0 Å². The SMILES string of the molecule is O=C(O)C1CCC(N2C(=O)c3c(F)ccc(F)c3C2=O)CC1. The summed E-state index contributed by atoms with van der Waals surface area (Å²) in [7, 11) is 0. The number of imide groups is 1. The highest BCUT2D eigenvalue weighted by Gasteiger charge is 2.44. The lowest BCUT2D eigenvalue weighted by Gasteiger charge is -2.31. The minimum Gasteiger partial charge on any atom is -0.481 e. The van der Waals surface area contributed by atoms with E-state index in [2.05, 4.69) is 0 Å². The summed E-state index contributed by atoms with van der Waals surface area (Å²) >= 11 is 0. The van der Waals surface area contributed by atoms with Gasteiger partial charge in [-0.3, -0.25) is 19.3 Å². The van der Waals surface area contributed by atoms with Crippen molar-refractivity contribution in [3.8, 4) is 0 Å². The maximum absolute atomic E-state index is 13.8. The number of carbonyl (C=O) groups is 3. The van der Waals surface area contributed by atoms with Crippen LogP contribution in [0.25, 0.3) is 0 Å². The molecule has 0 spiro atoms. The van der Waals surface area contributed by atoms with E-state index < -0.39 is 52.5 Å².